The van der Waals surface area contributed by atoms with Gasteiger partial charge in [0, 0.05) is 37.4 Å². The van der Waals surface area contributed by atoms with Crippen LogP contribution in [0.15, 0.2) is 76.8 Å². The lowest BCUT2D eigenvalue weighted by Crippen LogP contribution is -2.64. The number of halogens is 1. The number of benzene rings is 2. The molecule has 3 atom stereocenters. The van der Waals surface area contributed by atoms with Gasteiger partial charge in [0.05, 0.1) is 42.8 Å². The number of hydrogen-bond acceptors (Lipinski definition) is 8. The number of amides is 1. The summed E-state index contributed by atoms with van der Waals surface area (Å²) in [7, 11) is -0.645. The summed E-state index contributed by atoms with van der Waals surface area (Å²) in [5.74, 6) is 0.0186. The Morgan fingerprint density at radius 1 is 1.09 bits per heavy atom. The molecule has 2 aromatic carbocycles. The van der Waals surface area contributed by atoms with Crippen LogP contribution in [0.1, 0.15) is 37.7 Å². The first kappa shape index (κ1) is 32.0. The maximum absolute atomic E-state index is 15.9. The Balaban J connectivity index is 1.09. The van der Waals surface area contributed by atoms with E-state index in [0.29, 0.717) is 19.6 Å². The number of nitrogens with zero attached hydrogens (tertiary/aromatic N) is 5. The van der Waals surface area contributed by atoms with Gasteiger partial charge in [-0.3, -0.25) is 9.58 Å². The summed E-state index contributed by atoms with van der Waals surface area (Å²) < 4.78 is 48.1. The molecule has 2 aliphatic heterocycles. The van der Waals surface area contributed by atoms with Crippen LogP contribution in [0.5, 0.6) is 0 Å². The highest BCUT2D eigenvalue weighted by Crippen LogP contribution is 2.50. The molecule has 3 fully saturated rings. The largest absolute Gasteiger partial charge is 0.453 e. The number of piperidine rings is 1. The number of methoxy groups -OCH3 is 1. The molecule has 3 aliphatic rings. The summed E-state index contributed by atoms with van der Waals surface area (Å²) in [5, 5.41) is 17.9. The lowest BCUT2D eigenvalue weighted by Gasteiger charge is -2.50. The van der Waals surface area contributed by atoms with Crippen LogP contribution < -0.4 is 10.2 Å². The van der Waals surface area contributed by atoms with Crippen LogP contribution in [-0.4, -0.2) is 80.7 Å². The molecule has 244 valence electrons. The van der Waals surface area contributed by atoms with E-state index in [1.54, 1.807) is 31.3 Å². The number of carbonyl (C=O) groups excluding carboxylic acids is 1. The fourth-order valence-electron chi connectivity index (χ4n) is 7.97. The number of hydrogen-bond donors (Lipinski definition) is 1. The minimum atomic E-state index is -3.67. The van der Waals surface area contributed by atoms with E-state index in [2.05, 4.69) is 21.4 Å². The van der Waals surface area contributed by atoms with E-state index in [0.717, 1.165) is 43.4 Å². The first-order valence-electron chi connectivity index (χ1n) is 15.9. The fraction of sp³-hybridized carbons (Fsp3) is 0.500. The van der Waals surface area contributed by atoms with Crippen LogP contribution in [0.3, 0.4) is 0 Å². The van der Waals surface area contributed by atoms with Crippen molar-refractivity contribution >= 4 is 21.6 Å². The van der Waals surface area contributed by atoms with Crippen LogP contribution in [-0.2, 0) is 27.0 Å². The summed E-state index contributed by atoms with van der Waals surface area (Å²) in [6, 6.07) is 19.1. The third kappa shape index (κ3) is 5.98. The van der Waals surface area contributed by atoms with Gasteiger partial charge in [-0.25, -0.2) is 17.6 Å². The fourth-order valence-corrected chi connectivity index (χ4v) is 9.21. The highest BCUT2D eigenvalue weighted by molar-refractivity contribution is 7.91. The molecule has 2 unspecified atom stereocenters. The summed E-state index contributed by atoms with van der Waals surface area (Å²) in [6.45, 7) is 2.16. The number of nitrogens with one attached hydrogen (secondary N) is 1. The van der Waals surface area contributed by atoms with Gasteiger partial charge in [0.2, 0.25) is 9.84 Å². The average molecular weight is 649 g/mol. The summed E-state index contributed by atoms with van der Waals surface area (Å²) in [6.07, 6.45) is 6.42. The second-order valence-electron chi connectivity index (χ2n) is 13.0. The maximum atomic E-state index is 15.9. The Morgan fingerprint density at radius 2 is 1.78 bits per heavy atom. The number of aromatic nitrogens is 2. The van der Waals surface area contributed by atoms with Gasteiger partial charge in [-0.05, 0) is 74.5 Å². The molecular weight excluding hydrogens is 607 g/mol. The van der Waals surface area contributed by atoms with Crippen molar-refractivity contribution in [3.8, 4) is 6.07 Å². The number of aryl methyl sites for hydroxylation is 1. The third-order valence-electron chi connectivity index (χ3n) is 10.2. The van der Waals surface area contributed by atoms with Crippen molar-refractivity contribution in [1.29, 1.82) is 5.26 Å². The van der Waals surface area contributed by atoms with Crippen molar-refractivity contribution in [2.45, 2.75) is 59.0 Å². The SMILES string of the molecule is COC(=O)N[C@H]1CCCC1C(C#N)(c1ccccc1)C1CCN(CC2(F)CN(c3ccc(S(=O)(=O)c4cnn(C)c4)cc3)C2)CC1. The average Bonchev–Trinajstić information content (AvgIpc) is 3.71. The van der Waals surface area contributed by atoms with E-state index >= 15 is 4.39 Å². The third-order valence-corrected chi connectivity index (χ3v) is 11.9. The molecule has 1 aliphatic carbocycles. The maximum Gasteiger partial charge on any atom is 0.407 e. The first-order chi connectivity index (χ1) is 22.1. The first-order valence-corrected chi connectivity index (χ1v) is 17.4. The molecule has 3 aromatic rings. The van der Waals surface area contributed by atoms with Crippen molar-refractivity contribution < 1.29 is 22.3 Å². The summed E-state index contributed by atoms with van der Waals surface area (Å²) in [5.41, 5.74) is -0.381. The Hall–Kier alpha value is -3.95. The van der Waals surface area contributed by atoms with E-state index in [-0.39, 0.29) is 40.8 Å². The van der Waals surface area contributed by atoms with E-state index in [1.165, 1.54) is 24.2 Å². The minimum absolute atomic E-state index is 0.0472. The molecule has 1 N–H and O–H groups in total. The predicted octanol–water partition coefficient (Wildman–Crippen LogP) is 4.48. The zero-order valence-corrected chi connectivity index (χ0v) is 27.1. The van der Waals surface area contributed by atoms with Crippen LogP contribution in [0.4, 0.5) is 14.9 Å². The minimum Gasteiger partial charge on any atom is -0.453 e. The summed E-state index contributed by atoms with van der Waals surface area (Å²) >= 11 is 0. The monoisotopic (exact) mass is 648 g/mol. The quantitative estimate of drug-likeness (QED) is 0.361. The van der Waals surface area contributed by atoms with E-state index < -0.39 is 27.0 Å². The van der Waals surface area contributed by atoms with Crippen LogP contribution in [0, 0.1) is 23.2 Å². The second kappa shape index (κ2) is 12.7. The van der Waals surface area contributed by atoms with E-state index in [9.17, 15) is 18.5 Å². The van der Waals surface area contributed by atoms with Gasteiger partial charge in [-0.15, -0.1) is 0 Å². The van der Waals surface area contributed by atoms with Gasteiger partial charge in [-0.2, -0.15) is 10.4 Å². The van der Waals surface area contributed by atoms with Crippen molar-refractivity contribution in [3.05, 3.63) is 72.6 Å². The molecule has 2 saturated heterocycles. The number of rotatable bonds is 9. The number of alkyl carbamates (subject to hydrolysis) is 1. The number of sulfone groups is 1. The Morgan fingerprint density at radius 3 is 2.39 bits per heavy atom. The zero-order valence-electron chi connectivity index (χ0n) is 26.3. The number of ether oxygens (including phenoxy) is 1. The lowest BCUT2D eigenvalue weighted by molar-refractivity contribution is 0.0352. The van der Waals surface area contributed by atoms with Crippen LogP contribution >= 0.6 is 0 Å². The number of anilines is 1. The molecule has 1 aromatic heterocycles. The number of carbonyl (C=O) groups is 1. The van der Waals surface area contributed by atoms with Crippen LogP contribution in [0.25, 0.3) is 0 Å². The Labute approximate surface area is 270 Å². The summed E-state index contributed by atoms with van der Waals surface area (Å²) in [4.78, 5) is 16.6. The molecule has 1 saturated carbocycles. The van der Waals surface area contributed by atoms with Crippen molar-refractivity contribution in [3.63, 3.8) is 0 Å². The normalized spacial score (nSPS) is 23.2. The van der Waals surface area contributed by atoms with Gasteiger partial charge in [0.1, 0.15) is 4.90 Å². The molecule has 12 heteroatoms. The molecule has 6 rings (SSSR count). The van der Waals surface area contributed by atoms with Gasteiger partial charge >= 0.3 is 6.09 Å². The number of nitriles is 1. The zero-order chi connectivity index (χ0) is 32.5. The number of likely N-dealkylation sites (tertiary alicyclic amines) is 1. The standard InChI is InChI=1S/C34H41FN6O4S/c1-39-20-29(19-37-39)46(43,44)28-13-11-27(12-14-28)41-23-33(35,24-41)22-40-17-15-26(16-18-40)34(21-36,25-7-4-3-5-8-25)30-9-6-10-31(30)38-32(42)45-2/h3-5,7-8,11-14,19-20,26,30-31H,6,9-10,15-18,22-24H2,1-2H3,(H,38,42)/t30?,31-,34?/m0/s1. The molecule has 46 heavy (non-hydrogen) atoms. The van der Waals surface area contributed by atoms with E-state index in [4.69, 9.17) is 4.74 Å². The molecular formula is C34H41FN6O4S. The predicted molar refractivity (Wildman–Crippen MR) is 171 cm³/mol. The van der Waals surface area contributed by atoms with Gasteiger partial charge in [0.15, 0.2) is 5.67 Å². The molecule has 0 bridgehead atoms. The molecule has 1 amide bonds. The van der Waals surface area contributed by atoms with Gasteiger partial charge in [-0.1, -0.05) is 36.8 Å². The molecule has 0 radical (unpaired) electrons. The van der Waals surface area contributed by atoms with E-state index in [1.807, 2.05) is 35.2 Å². The van der Waals surface area contributed by atoms with Gasteiger partial charge in [0.25, 0.3) is 0 Å². The highest BCUT2D eigenvalue weighted by atomic mass is 32.2. The lowest BCUT2D eigenvalue weighted by atomic mass is 9.59. The highest BCUT2D eigenvalue weighted by Gasteiger charge is 2.53. The Bertz CT molecular complexity index is 1680. The smallest absolute Gasteiger partial charge is 0.407 e. The topological polar surface area (TPSA) is 121 Å². The van der Waals surface area contributed by atoms with Crippen molar-refractivity contribution in [1.82, 2.24) is 20.0 Å². The van der Waals surface area contributed by atoms with Gasteiger partial charge < -0.3 is 15.0 Å². The number of alkyl halides is 1. The molecule has 0 spiro atoms. The van der Waals surface area contributed by atoms with Crippen LogP contribution in [0.2, 0.25) is 0 Å². The molecule has 10 nitrogen and oxygen atoms in total. The molecule has 3 heterocycles. The second-order valence-corrected chi connectivity index (χ2v) is 15.0. The van der Waals surface area contributed by atoms with Crippen molar-refractivity contribution in [2.24, 2.45) is 18.9 Å². The van der Waals surface area contributed by atoms with Crippen molar-refractivity contribution in [2.75, 3.05) is 44.7 Å². The Kier molecular flexibility index (Phi) is 8.83.